The highest BCUT2D eigenvalue weighted by Gasteiger charge is 2.10. The SMILES string of the molecule is Cc1ccc(-c2csc(/C(C#N)=C/Nc3ccc([N+](=O)[O-])cc3C)n2)cc1. The zero-order chi connectivity index (χ0) is 19.4. The van der Waals surface area contributed by atoms with Crippen molar-refractivity contribution in [2.75, 3.05) is 5.32 Å². The molecule has 0 aliphatic rings. The minimum absolute atomic E-state index is 0.0326. The van der Waals surface area contributed by atoms with E-state index in [1.54, 1.807) is 19.2 Å². The highest BCUT2D eigenvalue weighted by atomic mass is 32.1. The van der Waals surface area contributed by atoms with Crippen LogP contribution in [0.15, 0.2) is 54.0 Å². The Balaban J connectivity index is 1.82. The van der Waals surface area contributed by atoms with Gasteiger partial charge in [0, 0.05) is 35.0 Å². The number of aryl methyl sites for hydroxylation is 2. The van der Waals surface area contributed by atoms with E-state index in [-0.39, 0.29) is 5.69 Å². The van der Waals surface area contributed by atoms with E-state index >= 15 is 0 Å². The summed E-state index contributed by atoms with van der Waals surface area (Å²) in [4.78, 5) is 14.9. The molecule has 1 aromatic heterocycles. The van der Waals surface area contributed by atoms with E-state index in [0.717, 1.165) is 16.8 Å². The molecule has 0 saturated heterocycles. The number of aromatic nitrogens is 1. The zero-order valence-corrected chi connectivity index (χ0v) is 15.6. The summed E-state index contributed by atoms with van der Waals surface area (Å²) in [5, 5.41) is 25.9. The minimum atomic E-state index is -0.435. The molecule has 0 radical (unpaired) electrons. The Bertz CT molecular complexity index is 1060. The van der Waals surface area contributed by atoms with Crippen LogP contribution >= 0.6 is 11.3 Å². The Labute approximate surface area is 160 Å². The Morgan fingerprint density at radius 2 is 2.00 bits per heavy atom. The molecule has 1 heterocycles. The van der Waals surface area contributed by atoms with Crippen molar-refractivity contribution in [3.8, 4) is 17.3 Å². The van der Waals surface area contributed by atoms with Crippen molar-refractivity contribution in [1.82, 2.24) is 4.98 Å². The topological polar surface area (TPSA) is 91.8 Å². The van der Waals surface area contributed by atoms with Crippen molar-refractivity contribution in [2.45, 2.75) is 13.8 Å². The molecule has 1 N–H and O–H groups in total. The van der Waals surface area contributed by atoms with Crippen LogP contribution in [0.2, 0.25) is 0 Å². The lowest BCUT2D eigenvalue weighted by Crippen LogP contribution is -1.95. The second-order valence-corrected chi connectivity index (χ2v) is 6.83. The number of hydrogen-bond donors (Lipinski definition) is 1. The largest absolute Gasteiger partial charge is 0.360 e. The average Bonchev–Trinajstić information content (AvgIpc) is 3.13. The number of hydrogen-bond acceptors (Lipinski definition) is 6. The normalized spacial score (nSPS) is 11.1. The van der Waals surface area contributed by atoms with Gasteiger partial charge in [-0.25, -0.2) is 4.98 Å². The Morgan fingerprint density at radius 1 is 1.26 bits per heavy atom. The molecular formula is C20H16N4O2S. The maximum absolute atomic E-state index is 10.8. The Kier molecular flexibility index (Phi) is 5.29. The summed E-state index contributed by atoms with van der Waals surface area (Å²) in [5.74, 6) is 0. The van der Waals surface area contributed by atoms with Crippen molar-refractivity contribution in [1.29, 1.82) is 5.26 Å². The molecule has 3 rings (SSSR count). The number of thiazole rings is 1. The van der Waals surface area contributed by atoms with Gasteiger partial charge in [-0.05, 0) is 25.5 Å². The van der Waals surface area contributed by atoms with Crippen LogP contribution in [0, 0.1) is 35.3 Å². The van der Waals surface area contributed by atoms with E-state index in [1.165, 1.54) is 29.0 Å². The van der Waals surface area contributed by atoms with Gasteiger partial charge in [0.1, 0.15) is 16.6 Å². The molecule has 0 aliphatic carbocycles. The third-order valence-corrected chi connectivity index (χ3v) is 4.87. The van der Waals surface area contributed by atoms with E-state index < -0.39 is 4.92 Å². The molecule has 3 aromatic rings. The van der Waals surface area contributed by atoms with Crippen LogP contribution < -0.4 is 5.32 Å². The number of nitrogens with one attached hydrogen (secondary N) is 1. The van der Waals surface area contributed by atoms with Crippen LogP contribution in [-0.2, 0) is 0 Å². The van der Waals surface area contributed by atoms with Crippen LogP contribution in [-0.4, -0.2) is 9.91 Å². The molecular weight excluding hydrogens is 360 g/mol. The number of nitro benzene ring substituents is 1. The van der Waals surface area contributed by atoms with Crippen molar-refractivity contribution in [2.24, 2.45) is 0 Å². The average molecular weight is 376 g/mol. The number of rotatable bonds is 5. The van der Waals surface area contributed by atoms with E-state index in [0.29, 0.717) is 16.3 Å². The maximum atomic E-state index is 10.8. The number of nitro groups is 1. The van der Waals surface area contributed by atoms with Crippen molar-refractivity contribution in [3.05, 3.63) is 80.3 Å². The summed E-state index contributed by atoms with van der Waals surface area (Å²) >= 11 is 1.40. The van der Waals surface area contributed by atoms with Gasteiger partial charge in [0.2, 0.25) is 0 Å². The van der Waals surface area contributed by atoms with Gasteiger partial charge < -0.3 is 5.32 Å². The summed E-state index contributed by atoms with van der Waals surface area (Å²) in [6, 6.07) is 14.7. The molecule has 0 amide bonds. The standard InChI is InChI=1S/C20H16N4O2S/c1-13-3-5-15(6-4-13)19-12-27-20(23-19)16(10-21)11-22-18-8-7-17(24(25)26)9-14(18)2/h3-9,11-12,22H,1-2H3/b16-11+. The first-order chi connectivity index (χ1) is 13.0. The third kappa shape index (κ3) is 4.19. The second kappa shape index (κ2) is 7.81. The molecule has 0 aliphatic heterocycles. The van der Waals surface area contributed by atoms with Gasteiger partial charge in [-0.1, -0.05) is 29.8 Å². The molecule has 0 unspecified atom stereocenters. The summed E-state index contributed by atoms with van der Waals surface area (Å²) < 4.78 is 0. The van der Waals surface area contributed by atoms with E-state index in [4.69, 9.17) is 0 Å². The minimum Gasteiger partial charge on any atom is -0.360 e. The fourth-order valence-corrected chi connectivity index (χ4v) is 3.26. The molecule has 27 heavy (non-hydrogen) atoms. The van der Waals surface area contributed by atoms with Crippen LogP contribution in [0.25, 0.3) is 16.8 Å². The fourth-order valence-electron chi connectivity index (χ4n) is 2.47. The maximum Gasteiger partial charge on any atom is 0.269 e. The Hall–Kier alpha value is -3.50. The first-order valence-corrected chi connectivity index (χ1v) is 9.00. The third-order valence-electron chi connectivity index (χ3n) is 4.00. The monoisotopic (exact) mass is 376 g/mol. The van der Waals surface area contributed by atoms with Gasteiger partial charge in [-0.15, -0.1) is 11.3 Å². The first-order valence-electron chi connectivity index (χ1n) is 8.12. The molecule has 0 saturated carbocycles. The molecule has 0 bridgehead atoms. The molecule has 7 heteroatoms. The van der Waals surface area contributed by atoms with Crippen molar-refractivity contribution >= 4 is 28.3 Å². The molecule has 134 valence electrons. The predicted octanol–water partition coefficient (Wildman–Crippen LogP) is 5.31. The molecule has 0 fully saturated rings. The van der Waals surface area contributed by atoms with Crippen molar-refractivity contribution < 1.29 is 4.92 Å². The lowest BCUT2D eigenvalue weighted by atomic mass is 10.1. The molecule has 2 aromatic carbocycles. The lowest BCUT2D eigenvalue weighted by molar-refractivity contribution is -0.384. The first kappa shape index (κ1) is 18.3. The fraction of sp³-hybridized carbons (Fsp3) is 0.100. The molecule has 0 atom stereocenters. The number of nitrogens with zero attached hydrogens (tertiary/aromatic N) is 3. The lowest BCUT2D eigenvalue weighted by Gasteiger charge is -2.05. The van der Waals surface area contributed by atoms with Gasteiger partial charge in [0.25, 0.3) is 5.69 Å². The summed E-state index contributed by atoms with van der Waals surface area (Å²) in [7, 11) is 0. The summed E-state index contributed by atoms with van der Waals surface area (Å²) in [6.45, 7) is 3.80. The van der Waals surface area contributed by atoms with Gasteiger partial charge >= 0.3 is 0 Å². The number of allylic oxidation sites excluding steroid dienone is 1. The number of benzene rings is 2. The van der Waals surface area contributed by atoms with Gasteiger partial charge in [-0.3, -0.25) is 10.1 Å². The van der Waals surface area contributed by atoms with Gasteiger partial charge in [0.05, 0.1) is 10.6 Å². The van der Waals surface area contributed by atoms with E-state index in [9.17, 15) is 15.4 Å². The van der Waals surface area contributed by atoms with Gasteiger partial charge in [0.15, 0.2) is 0 Å². The van der Waals surface area contributed by atoms with Crippen LogP contribution in [0.1, 0.15) is 16.1 Å². The predicted molar refractivity (Wildman–Crippen MR) is 107 cm³/mol. The quantitative estimate of drug-likeness (QED) is 0.370. The molecule has 0 spiro atoms. The highest BCUT2D eigenvalue weighted by Crippen LogP contribution is 2.27. The van der Waals surface area contributed by atoms with E-state index in [1.807, 2.05) is 36.6 Å². The van der Waals surface area contributed by atoms with Crippen molar-refractivity contribution in [3.63, 3.8) is 0 Å². The highest BCUT2D eigenvalue weighted by molar-refractivity contribution is 7.11. The van der Waals surface area contributed by atoms with Crippen LogP contribution in [0.4, 0.5) is 11.4 Å². The van der Waals surface area contributed by atoms with Crippen LogP contribution in [0.5, 0.6) is 0 Å². The van der Waals surface area contributed by atoms with Crippen LogP contribution in [0.3, 0.4) is 0 Å². The zero-order valence-electron chi connectivity index (χ0n) is 14.8. The Morgan fingerprint density at radius 3 is 2.63 bits per heavy atom. The molecule has 6 nitrogen and oxygen atoms in total. The number of nitriles is 1. The smallest absolute Gasteiger partial charge is 0.269 e. The van der Waals surface area contributed by atoms with Gasteiger partial charge in [-0.2, -0.15) is 5.26 Å². The summed E-state index contributed by atoms with van der Waals surface area (Å²) in [5.41, 5.74) is 4.85. The second-order valence-electron chi connectivity index (χ2n) is 5.97. The number of non-ortho nitro benzene ring substituents is 1. The van der Waals surface area contributed by atoms with E-state index in [2.05, 4.69) is 16.4 Å². The number of anilines is 1. The summed E-state index contributed by atoms with van der Waals surface area (Å²) in [6.07, 6.45) is 1.58.